The number of nitrogens with one attached hydrogen (secondary N) is 1. The van der Waals surface area contributed by atoms with Gasteiger partial charge in [0.25, 0.3) is 0 Å². The number of fused-ring (bicyclic) bond motifs is 1. The van der Waals surface area contributed by atoms with Crippen LogP contribution in [0.15, 0.2) is 52.7 Å². The van der Waals surface area contributed by atoms with Crippen LogP contribution in [0.5, 0.6) is 5.75 Å². The van der Waals surface area contributed by atoms with Crippen LogP contribution in [0.25, 0.3) is 10.2 Å². The topological polar surface area (TPSA) is 88.0 Å². The third-order valence-corrected chi connectivity index (χ3v) is 5.93. The molecule has 7 nitrogen and oxygen atoms in total. The summed E-state index contributed by atoms with van der Waals surface area (Å²) in [7, 11) is 0. The van der Waals surface area contributed by atoms with Crippen molar-refractivity contribution in [3.8, 4) is 5.75 Å². The number of anilines is 1. The fourth-order valence-corrected chi connectivity index (χ4v) is 4.46. The maximum Gasteiger partial charge on any atom is 2.00 e. The van der Waals surface area contributed by atoms with Crippen LogP contribution in [0.3, 0.4) is 0 Å². The minimum absolute atomic E-state index is 0. The van der Waals surface area contributed by atoms with Crippen molar-refractivity contribution in [2.24, 2.45) is 10.2 Å². The van der Waals surface area contributed by atoms with Gasteiger partial charge in [-0.2, -0.15) is 0 Å². The number of nitrogens with zero attached hydrogens (tertiary/aromatic N) is 4. The summed E-state index contributed by atoms with van der Waals surface area (Å²) in [6.07, 6.45) is 0.119. The molecule has 0 aliphatic heterocycles. The van der Waals surface area contributed by atoms with E-state index >= 15 is 0 Å². The van der Waals surface area contributed by atoms with Crippen molar-refractivity contribution in [2.75, 3.05) is 30.5 Å². The molecule has 0 saturated carbocycles. The third-order valence-electron chi connectivity index (χ3n) is 4.73. The molecule has 1 aromatic heterocycles. The Balaban J connectivity index is -0.00000218. The Morgan fingerprint density at radius 1 is 1.11 bits per heavy atom. The Hall–Kier alpha value is -0.927. The van der Waals surface area contributed by atoms with Gasteiger partial charge in [0.05, 0.1) is 23.0 Å². The number of thiazole rings is 1. The van der Waals surface area contributed by atoms with E-state index in [9.17, 15) is 5.11 Å². The molecule has 1 N–H and O–H groups in total. The maximum absolute atomic E-state index is 11.2. The molecule has 36 heavy (non-hydrogen) atoms. The first-order valence-corrected chi connectivity index (χ1v) is 11.6. The minimum Gasteiger partial charge on any atom is -1.00 e. The third kappa shape index (κ3) is 10.8. The summed E-state index contributed by atoms with van der Waals surface area (Å²) in [5.74, 6) is 0.762. The van der Waals surface area contributed by atoms with Crippen LogP contribution in [0, 0.1) is 5.41 Å². The first kappa shape index (κ1) is 39.6. The molecule has 0 atom stereocenters. The number of aromatic nitrogens is 1. The van der Waals surface area contributed by atoms with E-state index in [1.165, 1.54) is 11.3 Å². The van der Waals surface area contributed by atoms with Gasteiger partial charge in [-0.25, -0.2) is 4.57 Å². The molecule has 196 valence electrons. The molecule has 2 aromatic carbocycles. The van der Waals surface area contributed by atoms with Crippen molar-refractivity contribution < 1.29 is 71.1 Å². The molecule has 0 unspecified atom stereocenters. The summed E-state index contributed by atoms with van der Waals surface area (Å²) in [5, 5.41) is 28.0. The minimum atomic E-state index is -0.603. The monoisotopic (exact) mass is 664 g/mol. The fourth-order valence-electron chi connectivity index (χ4n) is 3.22. The number of rotatable bonds is 11. The van der Waals surface area contributed by atoms with E-state index in [4.69, 9.17) is 21.7 Å². The van der Waals surface area contributed by atoms with Crippen LogP contribution in [0.1, 0.15) is 20.3 Å². The first-order valence-electron chi connectivity index (χ1n) is 10.2. The molecular weight excluding hydrogens is 641 g/mol. The molecular formula is C22H27Cl5N5O2SZn-. The molecule has 0 spiro atoms. The molecule has 0 saturated heterocycles. The molecule has 3 aromatic rings. The van der Waals surface area contributed by atoms with E-state index < -0.39 is 5.90 Å². The second-order valence-electron chi connectivity index (χ2n) is 6.76. The van der Waals surface area contributed by atoms with Crippen molar-refractivity contribution in [2.45, 2.75) is 26.8 Å². The summed E-state index contributed by atoms with van der Waals surface area (Å²) in [6.45, 7) is 6.69. The van der Waals surface area contributed by atoms with Crippen LogP contribution in [0.4, 0.5) is 16.5 Å². The summed E-state index contributed by atoms with van der Waals surface area (Å²) in [4.78, 5) is 2.20. The van der Waals surface area contributed by atoms with Gasteiger partial charge in [-0.3, -0.25) is 0 Å². The molecule has 0 radical (unpaired) electrons. The Morgan fingerprint density at radius 2 is 1.78 bits per heavy atom. The van der Waals surface area contributed by atoms with E-state index in [2.05, 4.69) is 22.1 Å². The predicted octanol–water partition coefficient (Wildman–Crippen LogP) is -3.77. The molecule has 3 rings (SSSR count). The second kappa shape index (κ2) is 20.1. The van der Waals surface area contributed by atoms with Crippen LogP contribution in [-0.2, 0) is 26.0 Å². The first-order chi connectivity index (χ1) is 15.0. The SMILES string of the molecule is CCOc1ccc2c(c1)sc(N=Nc1ccc(N(CC)CCCl)cc1)[n+]2CCC(=N)[O-].Cl.[Cl-].[Cl-].[Cl-].[Zn+2]. The average Bonchev–Trinajstić information content (AvgIpc) is 3.12. The smallest absolute Gasteiger partial charge is 1.00 e. The van der Waals surface area contributed by atoms with Crippen LogP contribution in [0.2, 0.25) is 0 Å². The molecule has 0 bridgehead atoms. The molecule has 0 aliphatic carbocycles. The van der Waals surface area contributed by atoms with Crippen LogP contribution < -0.4 is 56.5 Å². The zero-order valence-corrected chi connectivity index (χ0v) is 27.5. The normalized spacial score (nSPS) is 9.75. The number of benzene rings is 2. The number of aryl methyl sites for hydroxylation is 1. The standard InChI is InChI=1S/C22H26ClN5O2S.4ClH.Zn/c1-3-27(14-12-23)17-7-5-16(6-8-17)25-26-22-28(13-11-21(24)29)19-10-9-18(30-4-2)15-20(19)31-22;;;;;/h5-10,15H,3-4,11-14H2,1-2H3,(H-,24,29);4*1H;/q;;;;;+2/p-3. The van der Waals surface area contributed by atoms with Crippen molar-refractivity contribution in [1.29, 1.82) is 5.41 Å². The van der Waals surface area contributed by atoms with Gasteiger partial charge in [0.2, 0.25) is 0 Å². The predicted molar refractivity (Wildman–Crippen MR) is 132 cm³/mol. The molecule has 0 fully saturated rings. The van der Waals surface area contributed by atoms with E-state index in [-0.39, 0.29) is 75.5 Å². The summed E-state index contributed by atoms with van der Waals surface area (Å²) in [5.41, 5.74) is 2.77. The molecule has 0 amide bonds. The summed E-state index contributed by atoms with van der Waals surface area (Å²) < 4.78 is 8.52. The quantitative estimate of drug-likeness (QED) is 0.0569. The van der Waals surface area contributed by atoms with Crippen molar-refractivity contribution >= 4 is 68.0 Å². The van der Waals surface area contributed by atoms with Crippen LogP contribution >= 0.6 is 35.3 Å². The van der Waals surface area contributed by atoms with Gasteiger partial charge in [-0.05, 0) is 72.6 Å². The second-order valence-corrected chi connectivity index (χ2v) is 8.14. The number of hydrogen-bond acceptors (Lipinski definition) is 7. The molecule has 0 aliphatic rings. The number of azo groups is 1. The average molecular weight is 668 g/mol. The Bertz CT molecular complexity index is 1070. The van der Waals surface area contributed by atoms with Gasteiger partial charge in [-0.15, -0.1) is 24.0 Å². The summed E-state index contributed by atoms with van der Waals surface area (Å²) in [6, 6.07) is 13.7. The van der Waals surface area contributed by atoms with Gasteiger partial charge in [0.1, 0.15) is 17.0 Å². The van der Waals surface area contributed by atoms with Gasteiger partial charge in [0.15, 0.2) is 0 Å². The number of alkyl halides is 1. The van der Waals surface area contributed by atoms with Gasteiger partial charge in [0, 0.05) is 37.1 Å². The largest absolute Gasteiger partial charge is 2.00 e. The van der Waals surface area contributed by atoms with Gasteiger partial charge >= 0.3 is 24.6 Å². The molecule has 14 heteroatoms. The van der Waals surface area contributed by atoms with E-state index in [0.29, 0.717) is 24.2 Å². The molecule has 1 heterocycles. The van der Waals surface area contributed by atoms with Crippen molar-refractivity contribution in [1.82, 2.24) is 0 Å². The Morgan fingerprint density at radius 3 is 2.33 bits per heavy atom. The van der Waals surface area contributed by atoms with Crippen LogP contribution in [-0.4, -0.2) is 31.5 Å². The van der Waals surface area contributed by atoms with Gasteiger partial charge < -0.3 is 57.4 Å². The van der Waals surface area contributed by atoms with E-state index in [1.807, 2.05) is 54.0 Å². The van der Waals surface area contributed by atoms with Gasteiger partial charge in [-0.1, -0.05) is 0 Å². The number of hydrogen-bond donors (Lipinski definition) is 1. The number of halogens is 5. The van der Waals surface area contributed by atoms with E-state index in [1.54, 1.807) is 0 Å². The number of ether oxygens (including phenoxy) is 1. The Kier molecular flexibility index (Phi) is 22.1. The van der Waals surface area contributed by atoms with E-state index in [0.717, 1.165) is 40.4 Å². The Labute approximate surface area is 258 Å². The van der Waals surface area contributed by atoms with Crippen molar-refractivity contribution in [3.05, 3.63) is 42.5 Å². The zero-order chi connectivity index (χ0) is 22.2. The summed E-state index contributed by atoms with van der Waals surface area (Å²) >= 11 is 7.36. The zero-order valence-electron chi connectivity index (χ0n) is 19.9. The maximum atomic E-state index is 11.2. The fraction of sp³-hybridized carbons (Fsp3) is 0.364. The van der Waals surface area contributed by atoms with Crippen molar-refractivity contribution in [3.63, 3.8) is 0 Å².